The van der Waals surface area contributed by atoms with Gasteiger partial charge in [0, 0.05) is 12.1 Å². The predicted molar refractivity (Wildman–Crippen MR) is 149 cm³/mol. The van der Waals surface area contributed by atoms with Crippen LogP contribution in [0.4, 0.5) is 0 Å². The van der Waals surface area contributed by atoms with Gasteiger partial charge in [-0.3, -0.25) is 4.99 Å². The van der Waals surface area contributed by atoms with Crippen molar-refractivity contribution in [2.45, 2.75) is 32.8 Å². The lowest BCUT2D eigenvalue weighted by atomic mass is 9.98. The molecule has 0 saturated heterocycles. The zero-order valence-electron chi connectivity index (χ0n) is 22.0. The number of nitrogens with zero attached hydrogens (tertiary/aromatic N) is 2. The smallest absolute Gasteiger partial charge is 0.162 e. The van der Waals surface area contributed by atoms with Crippen molar-refractivity contribution in [1.82, 2.24) is 0 Å². The minimum atomic E-state index is 0.366. The van der Waals surface area contributed by atoms with Crippen LogP contribution in [0.3, 0.4) is 0 Å². The fourth-order valence-corrected chi connectivity index (χ4v) is 3.82. The van der Waals surface area contributed by atoms with Crippen molar-refractivity contribution in [1.29, 1.82) is 5.26 Å². The number of aliphatic imine (C=N–C) groups is 1. The van der Waals surface area contributed by atoms with Crippen LogP contribution in [0.15, 0.2) is 71.7 Å². The summed E-state index contributed by atoms with van der Waals surface area (Å²) in [5, 5.41) is 10.1. The molecule has 3 aromatic rings. The lowest BCUT2D eigenvalue weighted by molar-refractivity contribution is 0.284. The lowest BCUT2D eigenvalue weighted by Crippen LogP contribution is -2.03. The molecule has 0 saturated carbocycles. The standard InChI is InChI=1S/C31H34N2O4/c1-5-6-10-17-33-27(21-32)26(18-24-13-15-28(34-2)30(19-24)36-4)25-14-16-29(35-3)31(20-25)37-22-23-11-8-7-9-12-23/h7-9,11-16,18-20H,5-6,10,17,22H2,1-4H3/b26-18+,33-27?. The molecule has 0 amide bonds. The van der Waals surface area contributed by atoms with Gasteiger partial charge in [-0.15, -0.1) is 0 Å². The average Bonchev–Trinajstić information content (AvgIpc) is 2.95. The molecule has 0 aromatic heterocycles. The van der Waals surface area contributed by atoms with E-state index in [9.17, 15) is 5.26 Å². The third kappa shape index (κ3) is 7.62. The van der Waals surface area contributed by atoms with Gasteiger partial charge in [0.25, 0.3) is 0 Å². The van der Waals surface area contributed by atoms with Crippen LogP contribution in [0.25, 0.3) is 11.6 Å². The Morgan fingerprint density at radius 1 is 0.838 bits per heavy atom. The maximum atomic E-state index is 10.1. The molecule has 192 valence electrons. The van der Waals surface area contributed by atoms with Crippen molar-refractivity contribution >= 4 is 17.4 Å². The first kappa shape index (κ1) is 27.3. The Hall–Kier alpha value is -4.24. The number of methoxy groups -OCH3 is 3. The Balaban J connectivity index is 2.06. The van der Waals surface area contributed by atoms with Crippen LogP contribution >= 0.6 is 0 Å². The van der Waals surface area contributed by atoms with E-state index in [0.29, 0.717) is 47.4 Å². The van der Waals surface area contributed by atoms with Crippen LogP contribution in [0, 0.1) is 11.3 Å². The number of ether oxygens (including phenoxy) is 4. The minimum absolute atomic E-state index is 0.366. The van der Waals surface area contributed by atoms with Gasteiger partial charge < -0.3 is 18.9 Å². The number of allylic oxidation sites excluding steroid dienone is 1. The number of unbranched alkanes of at least 4 members (excludes halogenated alkanes) is 2. The topological polar surface area (TPSA) is 73.1 Å². The van der Waals surface area contributed by atoms with Gasteiger partial charge in [0.15, 0.2) is 23.0 Å². The summed E-state index contributed by atoms with van der Waals surface area (Å²) >= 11 is 0. The zero-order valence-corrected chi connectivity index (χ0v) is 22.0. The van der Waals surface area contributed by atoms with E-state index in [1.165, 1.54) is 0 Å². The largest absolute Gasteiger partial charge is 0.493 e. The van der Waals surface area contributed by atoms with Crippen LogP contribution in [-0.4, -0.2) is 33.6 Å². The van der Waals surface area contributed by atoms with E-state index in [1.54, 1.807) is 21.3 Å². The maximum Gasteiger partial charge on any atom is 0.162 e. The van der Waals surface area contributed by atoms with E-state index >= 15 is 0 Å². The fraction of sp³-hybridized carbons (Fsp3) is 0.290. The van der Waals surface area contributed by atoms with Crippen LogP contribution < -0.4 is 18.9 Å². The summed E-state index contributed by atoms with van der Waals surface area (Å²) in [7, 11) is 4.81. The zero-order chi connectivity index (χ0) is 26.5. The molecule has 6 nitrogen and oxygen atoms in total. The summed E-state index contributed by atoms with van der Waals surface area (Å²) in [6, 6.07) is 23.6. The molecule has 0 fully saturated rings. The molecular formula is C31H34N2O4. The van der Waals surface area contributed by atoms with Gasteiger partial charge in [-0.05, 0) is 53.5 Å². The van der Waals surface area contributed by atoms with Gasteiger partial charge in [0.05, 0.1) is 21.3 Å². The van der Waals surface area contributed by atoms with Gasteiger partial charge in [0.2, 0.25) is 0 Å². The van der Waals surface area contributed by atoms with Crippen LogP contribution in [0.1, 0.15) is 42.9 Å². The summed E-state index contributed by atoms with van der Waals surface area (Å²) in [5.41, 5.74) is 3.76. The summed E-state index contributed by atoms with van der Waals surface area (Å²) in [6.07, 6.45) is 5.02. The Kier molecular flexibility index (Phi) is 10.6. The Morgan fingerprint density at radius 2 is 1.54 bits per heavy atom. The molecule has 0 heterocycles. The number of hydrogen-bond acceptors (Lipinski definition) is 6. The van der Waals surface area contributed by atoms with Gasteiger partial charge in [-0.25, -0.2) is 0 Å². The minimum Gasteiger partial charge on any atom is -0.493 e. The van der Waals surface area contributed by atoms with Crippen molar-refractivity contribution in [3.05, 3.63) is 83.4 Å². The third-order valence-corrected chi connectivity index (χ3v) is 5.82. The van der Waals surface area contributed by atoms with Crippen LogP contribution in [0.5, 0.6) is 23.0 Å². The van der Waals surface area contributed by atoms with Crippen LogP contribution in [0.2, 0.25) is 0 Å². The molecule has 0 N–H and O–H groups in total. The highest BCUT2D eigenvalue weighted by Crippen LogP contribution is 2.34. The van der Waals surface area contributed by atoms with Gasteiger partial charge in [0.1, 0.15) is 18.4 Å². The highest BCUT2D eigenvalue weighted by Gasteiger charge is 2.15. The molecule has 0 aliphatic carbocycles. The maximum absolute atomic E-state index is 10.1. The van der Waals surface area contributed by atoms with E-state index < -0.39 is 0 Å². The number of rotatable bonds is 13. The van der Waals surface area contributed by atoms with E-state index in [-0.39, 0.29) is 0 Å². The van der Waals surface area contributed by atoms with E-state index in [2.05, 4.69) is 18.0 Å². The summed E-state index contributed by atoms with van der Waals surface area (Å²) < 4.78 is 22.5. The molecule has 0 aliphatic rings. The average molecular weight is 499 g/mol. The second-order valence-electron chi connectivity index (χ2n) is 8.36. The van der Waals surface area contributed by atoms with E-state index in [4.69, 9.17) is 18.9 Å². The van der Waals surface area contributed by atoms with Crippen molar-refractivity contribution in [3.63, 3.8) is 0 Å². The number of hydrogen-bond donors (Lipinski definition) is 0. The lowest BCUT2D eigenvalue weighted by Gasteiger charge is -2.14. The molecule has 37 heavy (non-hydrogen) atoms. The molecule has 0 spiro atoms. The second-order valence-corrected chi connectivity index (χ2v) is 8.36. The van der Waals surface area contributed by atoms with Gasteiger partial charge >= 0.3 is 0 Å². The van der Waals surface area contributed by atoms with E-state index in [0.717, 1.165) is 36.0 Å². The number of benzene rings is 3. The highest BCUT2D eigenvalue weighted by molar-refractivity contribution is 6.34. The first-order chi connectivity index (χ1) is 18.1. The monoisotopic (exact) mass is 498 g/mol. The molecular weight excluding hydrogens is 464 g/mol. The van der Waals surface area contributed by atoms with Crippen molar-refractivity contribution in [3.8, 4) is 29.1 Å². The quantitative estimate of drug-likeness (QED) is 0.144. The highest BCUT2D eigenvalue weighted by atomic mass is 16.5. The Morgan fingerprint density at radius 3 is 2.22 bits per heavy atom. The molecule has 3 rings (SSSR count). The predicted octanol–water partition coefficient (Wildman–Crippen LogP) is 6.99. The van der Waals surface area contributed by atoms with Crippen molar-refractivity contribution in [2.24, 2.45) is 4.99 Å². The normalized spacial score (nSPS) is 11.5. The van der Waals surface area contributed by atoms with Gasteiger partial charge in [-0.1, -0.05) is 62.2 Å². The molecule has 3 aromatic carbocycles. The summed E-state index contributed by atoms with van der Waals surface area (Å²) in [6.45, 7) is 3.13. The Bertz CT molecular complexity index is 1260. The van der Waals surface area contributed by atoms with Crippen molar-refractivity contribution < 1.29 is 18.9 Å². The summed E-state index contributed by atoms with van der Waals surface area (Å²) in [4.78, 5) is 4.65. The SMILES string of the molecule is CCCCCN=C(C#N)/C(=C/c1ccc(OC)c(OC)c1)c1ccc(OC)c(OCc2ccccc2)c1. The molecule has 0 radical (unpaired) electrons. The molecule has 0 unspecified atom stereocenters. The molecule has 0 atom stereocenters. The molecule has 0 bridgehead atoms. The number of nitriles is 1. The van der Waals surface area contributed by atoms with Crippen LogP contribution in [-0.2, 0) is 6.61 Å². The van der Waals surface area contributed by atoms with Crippen molar-refractivity contribution in [2.75, 3.05) is 27.9 Å². The Labute approximate surface area is 219 Å². The third-order valence-electron chi connectivity index (χ3n) is 5.82. The molecule has 6 heteroatoms. The summed E-state index contributed by atoms with van der Waals surface area (Å²) in [5.74, 6) is 2.44. The first-order valence-electron chi connectivity index (χ1n) is 12.4. The van der Waals surface area contributed by atoms with E-state index in [1.807, 2.05) is 72.8 Å². The molecule has 0 aliphatic heterocycles. The second kappa shape index (κ2) is 14.4. The fourth-order valence-electron chi connectivity index (χ4n) is 3.82. The van der Waals surface area contributed by atoms with Gasteiger partial charge in [-0.2, -0.15) is 5.26 Å². The first-order valence-corrected chi connectivity index (χ1v) is 12.4.